The first-order valence-corrected chi connectivity index (χ1v) is 9.77. The molecule has 1 aromatic carbocycles. The lowest BCUT2D eigenvalue weighted by Crippen LogP contribution is -2.54. The van der Waals surface area contributed by atoms with Gasteiger partial charge in [-0.1, -0.05) is 30.3 Å². The van der Waals surface area contributed by atoms with E-state index in [4.69, 9.17) is 11.5 Å². The molecular formula is C20H30N4O4. The number of carbonyl (C=O) groups is 3. The van der Waals surface area contributed by atoms with Crippen molar-refractivity contribution in [2.24, 2.45) is 11.5 Å². The summed E-state index contributed by atoms with van der Waals surface area (Å²) < 4.78 is 0. The molecule has 1 aliphatic rings. The van der Waals surface area contributed by atoms with Gasteiger partial charge in [0.1, 0.15) is 12.1 Å². The highest BCUT2D eigenvalue weighted by Crippen LogP contribution is 2.19. The van der Waals surface area contributed by atoms with Crippen molar-refractivity contribution in [3.63, 3.8) is 0 Å². The van der Waals surface area contributed by atoms with Crippen LogP contribution in [0.25, 0.3) is 0 Å². The molecule has 0 unspecified atom stereocenters. The zero-order chi connectivity index (χ0) is 20.5. The molecule has 1 saturated heterocycles. The molecule has 2 rings (SSSR count). The van der Waals surface area contributed by atoms with Crippen LogP contribution in [0.2, 0.25) is 0 Å². The summed E-state index contributed by atoms with van der Waals surface area (Å²) in [6.07, 6.45) is 3.20. The molecular weight excluding hydrogens is 360 g/mol. The van der Waals surface area contributed by atoms with Gasteiger partial charge in [0.15, 0.2) is 0 Å². The molecule has 0 spiro atoms. The van der Waals surface area contributed by atoms with Crippen molar-refractivity contribution in [2.45, 2.75) is 56.7 Å². The first kappa shape index (κ1) is 21.8. The van der Waals surface area contributed by atoms with Crippen LogP contribution in [0.3, 0.4) is 0 Å². The van der Waals surface area contributed by atoms with E-state index < -0.39 is 30.0 Å². The summed E-state index contributed by atoms with van der Waals surface area (Å²) in [6.45, 7) is 0.925. The summed E-state index contributed by atoms with van der Waals surface area (Å²) in [7, 11) is 0. The summed E-state index contributed by atoms with van der Waals surface area (Å²) in [5, 5.41) is 11.9. The van der Waals surface area contributed by atoms with E-state index in [1.165, 1.54) is 4.90 Å². The Hall–Kier alpha value is -2.45. The first-order chi connectivity index (χ1) is 13.4. The lowest BCUT2D eigenvalue weighted by atomic mass is 10.0. The number of carboxylic acids is 1. The molecule has 1 aliphatic heterocycles. The van der Waals surface area contributed by atoms with Gasteiger partial charge >= 0.3 is 5.97 Å². The van der Waals surface area contributed by atoms with Gasteiger partial charge < -0.3 is 26.8 Å². The summed E-state index contributed by atoms with van der Waals surface area (Å²) in [5.41, 5.74) is 12.5. The number of aliphatic carboxylic acids is 1. The normalized spacial score (nSPS) is 18.5. The number of hydrogen-bond acceptors (Lipinski definition) is 5. The molecule has 2 amide bonds. The number of nitrogens with two attached hydrogens (primary N) is 2. The van der Waals surface area contributed by atoms with Crippen LogP contribution in [0.1, 0.15) is 37.7 Å². The quantitative estimate of drug-likeness (QED) is 0.422. The number of nitrogens with one attached hydrogen (secondary N) is 1. The molecule has 0 aliphatic carbocycles. The Balaban J connectivity index is 1.97. The highest BCUT2D eigenvalue weighted by Gasteiger charge is 2.37. The number of carbonyl (C=O) groups excluding carboxylic acids is 2. The molecule has 0 saturated carbocycles. The molecule has 154 valence electrons. The second-order valence-electron chi connectivity index (χ2n) is 7.17. The Morgan fingerprint density at radius 1 is 1.21 bits per heavy atom. The minimum atomic E-state index is -1.08. The van der Waals surface area contributed by atoms with Crippen LogP contribution in [-0.2, 0) is 20.8 Å². The number of benzene rings is 1. The summed E-state index contributed by atoms with van der Waals surface area (Å²) in [4.78, 5) is 38.4. The summed E-state index contributed by atoms with van der Waals surface area (Å²) in [5.74, 6) is -1.79. The van der Waals surface area contributed by atoms with Crippen molar-refractivity contribution >= 4 is 17.8 Å². The third-order valence-electron chi connectivity index (χ3n) is 5.02. The second-order valence-corrected chi connectivity index (χ2v) is 7.17. The van der Waals surface area contributed by atoms with Gasteiger partial charge in [0, 0.05) is 6.54 Å². The van der Waals surface area contributed by atoms with Crippen LogP contribution in [0.4, 0.5) is 0 Å². The van der Waals surface area contributed by atoms with Gasteiger partial charge in [-0.05, 0) is 50.6 Å². The Kier molecular flexibility index (Phi) is 8.41. The fourth-order valence-electron chi connectivity index (χ4n) is 3.49. The Bertz CT molecular complexity index is 667. The monoisotopic (exact) mass is 390 g/mol. The van der Waals surface area contributed by atoms with Gasteiger partial charge in [-0.15, -0.1) is 0 Å². The fourth-order valence-corrected chi connectivity index (χ4v) is 3.49. The number of nitrogens with zero attached hydrogens (tertiary/aromatic N) is 1. The highest BCUT2D eigenvalue weighted by atomic mass is 16.4. The smallest absolute Gasteiger partial charge is 0.326 e. The maximum atomic E-state index is 12.8. The number of hydrogen-bond donors (Lipinski definition) is 4. The molecule has 1 aromatic rings. The Labute approximate surface area is 165 Å². The van der Waals surface area contributed by atoms with E-state index >= 15 is 0 Å². The van der Waals surface area contributed by atoms with E-state index in [0.29, 0.717) is 51.6 Å². The average molecular weight is 390 g/mol. The minimum Gasteiger partial charge on any atom is -0.480 e. The lowest BCUT2D eigenvalue weighted by Gasteiger charge is -2.28. The third kappa shape index (κ3) is 6.03. The van der Waals surface area contributed by atoms with Crippen molar-refractivity contribution in [3.05, 3.63) is 35.9 Å². The molecule has 1 fully saturated rings. The molecule has 28 heavy (non-hydrogen) atoms. The number of rotatable bonds is 10. The fraction of sp³-hybridized carbons (Fsp3) is 0.550. The zero-order valence-electron chi connectivity index (χ0n) is 16.0. The zero-order valence-corrected chi connectivity index (χ0v) is 16.0. The molecule has 3 atom stereocenters. The molecule has 8 nitrogen and oxygen atoms in total. The van der Waals surface area contributed by atoms with Crippen LogP contribution in [-0.4, -0.2) is 59.0 Å². The van der Waals surface area contributed by atoms with Gasteiger partial charge in [-0.3, -0.25) is 9.59 Å². The molecule has 1 heterocycles. The molecule has 0 bridgehead atoms. The molecule has 0 aromatic heterocycles. The van der Waals surface area contributed by atoms with Crippen molar-refractivity contribution in [1.29, 1.82) is 0 Å². The van der Waals surface area contributed by atoms with Crippen molar-refractivity contribution in [2.75, 3.05) is 13.1 Å². The Morgan fingerprint density at radius 2 is 1.93 bits per heavy atom. The first-order valence-electron chi connectivity index (χ1n) is 9.77. The van der Waals surface area contributed by atoms with Crippen molar-refractivity contribution < 1.29 is 19.5 Å². The average Bonchev–Trinajstić information content (AvgIpc) is 3.17. The molecule has 6 N–H and O–H groups in total. The van der Waals surface area contributed by atoms with Crippen LogP contribution in [0.5, 0.6) is 0 Å². The van der Waals surface area contributed by atoms with Crippen molar-refractivity contribution in [3.8, 4) is 0 Å². The predicted molar refractivity (Wildman–Crippen MR) is 105 cm³/mol. The standard InChI is InChI=1S/C20H30N4O4/c21-11-5-4-9-16(20(27)28)23-18(25)17-10-6-12-24(17)19(26)15(22)13-14-7-2-1-3-8-14/h1-3,7-8,15-17H,4-6,9-13,21-22H2,(H,23,25)(H,27,28)/t15-,16+,17+/m1/s1. The maximum Gasteiger partial charge on any atom is 0.326 e. The van der Waals surface area contributed by atoms with E-state index in [2.05, 4.69) is 5.32 Å². The second kappa shape index (κ2) is 10.8. The van der Waals surface area contributed by atoms with Gasteiger partial charge in [0.25, 0.3) is 0 Å². The van der Waals surface area contributed by atoms with Crippen LogP contribution < -0.4 is 16.8 Å². The van der Waals surface area contributed by atoms with Gasteiger partial charge in [0.05, 0.1) is 6.04 Å². The van der Waals surface area contributed by atoms with Gasteiger partial charge in [0.2, 0.25) is 11.8 Å². The minimum absolute atomic E-state index is 0.281. The third-order valence-corrected chi connectivity index (χ3v) is 5.02. The van der Waals surface area contributed by atoms with E-state index in [-0.39, 0.29) is 5.91 Å². The topological polar surface area (TPSA) is 139 Å². The predicted octanol–water partition coefficient (Wildman–Crippen LogP) is 0.246. The van der Waals surface area contributed by atoms with Crippen LogP contribution in [0.15, 0.2) is 30.3 Å². The SMILES string of the molecule is NCCCC[C@H](NC(=O)[C@@H]1CCCN1C(=O)[C@H](N)Cc1ccccc1)C(=O)O. The Morgan fingerprint density at radius 3 is 2.57 bits per heavy atom. The molecule has 8 heteroatoms. The summed E-state index contributed by atoms with van der Waals surface area (Å²) in [6, 6.07) is 7.07. The highest BCUT2D eigenvalue weighted by molar-refractivity contribution is 5.92. The largest absolute Gasteiger partial charge is 0.480 e. The summed E-state index contributed by atoms with van der Waals surface area (Å²) >= 11 is 0. The van der Waals surface area contributed by atoms with E-state index in [0.717, 1.165) is 5.56 Å². The van der Waals surface area contributed by atoms with Gasteiger partial charge in [-0.25, -0.2) is 4.79 Å². The number of likely N-dealkylation sites (tertiary alicyclic amines) is 1. The van der Waals surface area contributed by atoms with Crippen molar-refractivity contribution in [1.82, 2.24) is 10.2 Å². The van der Waals surface area contributed by atoms with E-state index in [1.54, 1.807) is 0 Å². The number of amides is 2. The lowest BCUT2D eigenvalue weighted by molar-refractivity contribution is -0.144. The van der Waals surface area contributed by atoms with E-state index in [1.807, 2.05) is 30.3 Å². The van der Waals surface area contributed by atoms with Crippen LogP contribution in [0, 0.1) is 0 Å². The van der Waals surface area contributed by atoms with Gasteiger partial charge in [-0.2, -0.15) is 0 Å². The number of carboxylic acid groups (broad SMARTS) is 1. The van der Waals surface area contributed by atoms with Crippen LogP contribution >= 0.6 is 0 Å². The molecule has 0 radical (unpaired) electrons. The maximum absolute atomic E-state index is 12.8. The van der Waals surface area contributed by atoms with E-state index in [9.17, 15) is 19.5 Å². The number of unbranched alkanes of at least 4 members (excludes halogenated alkanes) is 1.